The lowest BCUT2D eigenvalue weighted by atomic mass is 9.87. The van der Waals surface area contributed by atoms with Crippen molar-refractivity contribution in [3.05, 3.63) is 311 Å². The van der Waals surface area contributed by atoms with Gasteiger partial charge in [-0.15, -0.1) is 0 Å². The van der Waals surface area contributed by atoms with Crippen molar-refractivity contribution in [3.8, 4) is 17.2 Å². The maximum absolute atomic E-state index is 13.7. The Morgan fingerprint density at radius 1 is 0.301 bits per heavy atom. The predicted octanol–water partition coefficient (Wildman–Crippen LogP) is 28.4. The topological polar surface area (TPSA) is 289 Å². The minimum Gasteiger partial charge on any atom is -0.748 e. The molecule has 0 unspecified atom stereocenters. The van der Waals surface area contributed by atoms with Gasteiger partial charge >= 0.3 is 17.9 Å². The lowest BCUT2D eigenvalue weighted by Crippen LogP contribution is -2.27. The molecule has 0 aromatic heterocycles. The second-order valence-electron chi connectivity index (χ2n) is 36.3. The van der Waals surface area contributed by atoms with Crippen LogP contribution in [0.5, 0.6) is 17.2 Å². The van der Waals surface area contributed by atoms with Gasteiger partial charge in [0.25, 0.3) is 0 Å². The van der Waals surface area contributed by atoms with E-state index in [0.717, 1.165) is 0 Å². The van der Waals surface area contributed by atoms with Crippen molar-refractivity contribution in [2.45, 2.75) is 278 Å². The first-order chi connectivity index (χ1) is 63.8. The molecule has 0 saturated carbocycles. The molecule has 143 heavy (non-hydrogen) atoms. The van der Waals surface area contributed by atoms with E-state index in [2.05, 4.69) is 285 Å². The van der Waals surface area contributed by atoms with Gasteiger partial charge in [0.1, 0.15) is 49.0 Å². The number of esters is 3. The van der Waals surface area contributed by atoms with Crippen LogP contribution in [0.15, 0.2) is 297 Å². The van der Waals surface area contributed by atoms with Gasteiger partial charge in [-0.2, -0.15) is 17.6 Å². The number of phenols is 1. The van der Waals surface area contributed by atoms with Gasteiger partial charge in [-0.1, -0.05) is 255 Å². The molecule has 0 heterocycles. The van der Waals surface area contributed by atoms with Gasteiger partial charge in [0.05, 0.1) is 78.9 Å². The van der Waals surface area contributed by atoms with E-state index in [4.69, 9.17) is 14.2 Å². The number of rotatable bonds is 30. The van der Waals surface area contributed by atoms with Gasteiger partial charge in [-0.25, -0.2) is 42.8 Å². The van der Waals surface area contributed by atoms with Crippen LogP contribution in [0.3, 0.4) is 0 Å². The maximum atomic E-state index is 13.7. The SMILES string of the molecule is C.C.C.C.C.C.CC(C)(C)c1ccc([S+](c2ccc(C(C)(C)C)cc2)c2ccc(C(C)(C)C)cc2)cc1.CCC(C)(C)C(=O)OCCCOc1c(F)c(F)c(S(=O)(=O)[O-])c(F)c1F.CCC(C)(C)C(=O)OCCCS(=O)(=O)[O-].CCC(C)(C)C(=O)OCCOc1c(F)c(F)c(S(=O)(=O)[O-])c(F)c1F.Cc1ccc([S+](c2ccccc2)c2ccccc2)cc1.Oc1ccc([S+](c2ccccc2)c2ccccc2)cc1. The summed E-state index contributed by atoms with van der Waals surface area (Å²) >= 11 is 0. The van der Waals surface area contributed by atoms with Crippen LogP contribution in [0, 0.1) is 69.7 Å². The van der Waals surface area contributed by atoms with E-state index in [1.54, 1.807) is 67.5 Å². The average Bonchev–Trinajstić information content (AvgIpc) is 0.778. The smallest absolute Gasteiger partial charge is 0.311 e. The zero-order valence-corrected chi connectivity index (χ0v) is 85.1. The quantitative estimate of drug-likeness (QED) is 0.00832. The number of carbonyl (C=O) groups excluding carboxylic acids is 3. The van der Waals surface area contributed by atoms with E-state index in [-0.39, 0.29) is 126 Å². The number of ether oxygens (including phenoxy) is 5. The Balaban J connectivity index is 0.00000170. The van der Waals surface area contributed by atoms with Crippen LogP contribution >= 0.6 is 0 Å². The molecule has 0 spiro atoms. The Morgan fingerprint density at radius 3 is 0.748 bits per heavy atom. The molecule has 11 aromatic rings. The fourth-order valence-corrected chi connectivity index (χ4v) is 19.9. The summed E-state index contributed by atoms with van der Waals surface area (Å²) in [4.78, 5) is 42.2. The van der Waals surface area contributed by atoms with Crippen LogP contribution < -0.4 is 9.47 Å². The molecule has 0 amide bonds. The van der Waals surface area contributed by atoms with Crippen molar-refractivity contribution in [1.82, 2.24) is 0 Å². The van der Waals surface area contributed by atoms with Crippen molar-refractivity contribution < 1.29 is 117 Å². The number of halogens is 8. The highest BCUT2D eigenvalue weighted by molar-refractivity contribution is 7.97. The maximum Gasteiger partial charge on any atom is 0.311 e. The lowest BCUT2D eigenvalue weighted by molar-refractivity contribution is -0.155. The summed E-state index contributed by atoms with van der Waals surface area (Å²) in [5, 5.41) is 9.48. The Hall–Kier alpha value is -10.6. The van der Waals surface area contributed by atoms with E-state index < -0.39 is 152 Å². The van der Waals surface area contributed by atoms with Crippen LogP contribution in [0.2, 0.25) is 0 Å². The van der Waals surface area contributed by atoms with Crippen molar-refractivity contribution in [1.29, 1.82) is 0 Å². The van der Waals surface area contributed by atoms with E-state index in [9.17, 15) is 93.5 Å². The van der Waals surface area contributed by atoms with Gasteiger partial charge in [-0.3, -0.25) is 14.4 Å². The van der Waals surface area contributed by atoms with Crippen LogP contribution in [0.4, 0.5) is 35.1 Å². The average molecular weight is 2110 g/mol. The Morgan fingerprint density at radius 2 is 0.517 bits per heavy atom. The number of carbonyl (C=O) groups is 3. The number of aromatic hydroxyl groups is 1. The van der Waals surface area contributed by atoms with Crippen LogP contribution in [-0.2, 0) is 108 Å². The number of aryl methyl sites for hydroxylation is 1. The monoisotopic (exact) mass is 2110 g/mol. The van der Waals surface area contributed by atoms with Gasteiger partial charge in [-0.05, 0) is 228 Å². The molecule has 0 bridgehead atoms. The summed E-state index contributed by atoms with van der Waals surface area (Å²) in [5.74, 6) is -23.0. The summed E-state index contributed by atoms with van der Waals surface area (Å²) in [5.41, 5.74) is 3.86. The first-order valence-electron chi connectivity index (χ1n) is 43.8. The standard InChI is InChI=1S/C30H39S.C19H17S.C18H14OS.C15H18F4O6S.C14H16F4O6S.C9H18O5S.6CH4/c1-28(2,3)22-10-16-25(17-11-22)31(26-18-12-23(13-19-26)29(4,5)6)27-20-14-24(15-21-27)30(7,8)9;1-16-12-14-19(15-13-16)20(17-8-4-2-5-9-17)18-10-6-3-7-11-18;19-15-11-13-18(14-12-15)20(16-7-3-1-4-8-16)17-9-5-2-6-10-17;1-4-15(2,3)14(20)25-7-5-6-24-12-8(16)10(18)13(26(21,22)23)11(19)9(12)17;1-4-14(2,3)13(19)24-6-5-23-11-7(15)9(17)12(25(20,21)22)10(18)8(11)16;1-4-9(2,3)8(10)14-6-5-7-15(11,12)13;;;;;;/h10-21H,1-9H3;2-15H,1H3;1-14H;4-7H2,1-3H3,(H,21,22,23);4-6H2,1-3H3,(H,20,21,22);4-7H2,1-3H3,(H,11,12,13);6*1H4/q2*+1;;;;;;;;;;/p-2. The normalized spacial score (nSPS) is 11.4. The van der Waals surface area contributed by atoms with Gasteiger partial charge in [0.2, 0.25) is 23.3 Å². The molecule has 32 heteroatoms. The molecule has 18 nitrogen and oxygen atoms in total. The van der Waals surface area contributed by atoms with Crippen LogP contribution in [-0.4, -0.2) is 101 Å². The minimum absolute atomic E-state index is 0. The summed E-state index contributed by atoms with van der Waals surface area (Å²) in [7, 11) is -16.0. The fraction of sp³-hybridized carbons (Fsp3) is 0.378. The number of hydrogen-bond donors (Lipinski definition) is 1. The van der Waals surface area contributed by atoms with Gasteiger partial charge in [0, 0.05) is 12.2 Å². The van der Waals surface area contributed by atoms with Crippen molar-refractivity contribution in [2.24, 2.45) is 16.2 Å². The van der Waals surface area contributed by atoms with Gasteiger partial charge in [0.15, 0.2) is 78.8 Å². The molecular weight excluding hydrogens is 1970 g/mol. The van der Waals surface area contributed by atoms with Crippen LogP contribution in [0.25, 0.3) is 0 Å². The molecule has 0 atom stereocenters. The highest BCUT2D eigenvalue weighted by Gasteiger charge is 2.37. The largest absolute Gasteiger partial charge is 0.748 e. The molecule has 11 aromatic carbocycles. The first-order valence-corrected chi connectivity index (χ1v) is 51.8. The molecule has 0 aliphatic rings. The summed E-state index contributed by atoms with van der Waals surface area (Å²) in [6.07, 6.45) is 1.61. The highest BCUT2D eigenvalue weighted by atomic mass is 32.2. The van der Waals surface area contributed by atoms with Crippen molar-refractivity contribution in [3.63, 3.8) is 0 Å². The molecule has 0 radical (unpaired) electrons. The third kappa shape index (κ3) is 39.7. The van der Waals surface area contributed by atoms with E-state index in [1.807, 2.05) is 31.2 Å². The molecular formula is C111H144F8O18S6. The van der Waals surface area contributed by atoms with E-state index >= 15 is 0 Å². The van der Waals surface area contributed by atoms with E-state index in [1.165, 1.54) is 66.3 Å². The molecule has 0 saturated heterocycles. The molecule has 0 fully saturated rings. The molecule has 11 rings (SSSR count). The van der Waals surface area contributed by atoms with Gasteiger partial charge < -0.3 is 42.4 Å². The second-order valence-corrected chi connectivity index (χ2v) is 46.6. The Kier molecular flexibility index (Phi) is 54.2. The molecule has 0 aliphatic carbocycles. The second kappa shape index (κ2) is 58.6. The first kappa shape index (κ1) is 132. The van der Waals surface area contributed by atoms with E-state index in [0.29, 0.717) is 25.0 Å². The Bertz CT molecular complexity index is 5720. The minimum atomic E-state index is -5.79. The predicted molar refractivity (Wildman–Crippen MR) is 556 cm³/mol. The zero-order valence-electron chi connectivity index (χ0n) is 80.2. The third-order valence-corrected chi connectivity index (χ3v) is 30.6. The Labute approximate surface area is 854 Å². The molecule has 788 valence electrons. The molecule has 0 aliphatic heterocycles. The zero-order chi connectivity index (χ0) is 103. The third-order valence-electron chi connectivity index (χ3n) is 21.4. The summed E-state index contributed by atoms with van der Waals surface area (Å²) < 4.78 is 227. The number of phenolic OH excluding ortho intramolecular Hbond substituents is 1. The van der Waals surface area contributed by atoms with Crippen molar-refractivity contribution in [2.75, 3.05) is 38.8 Å². The number of hydrogen-bond acceptors (Lipinski definition) is 18. The molecule has 1 N–H and O–H groups in total. The number of benzene rings is 11. The lowest BCUT2D eigenvalue weighted by Gasteiger charge is -2.21. The summed E-state index contributed by atoms with van der Waals surface area (Å²) in [6.45, 7) is 36.2. The summed E-state index contributed by atoms with van der Waals surface area (Å²) in [6, 6.07) is 86.7. The van der Waals surface area contributed by atoms with Crippen molar-refractivity contribution >= 4 is 80.9 Å². The fourth-order valence-electron chi connectivity index (χ4n) is 12.0. The highest BCUT2D eigenvalue weighted by Crippen LogP contribution is 2.40. The van der Waals surface area contributed by atoms with Crippen LogP contribution in [0.1, 0.15) is 224 Å².